The van der Waals surface area contributed by atoms with Crippen LogP contribution in [0.5, 0.6) is 11.5 Å². The van der Waals surface area contributed by atoms with Gasteiger partial charge in [-0.15, -0.1) is 24.8 Å². The summed E-state index contributed by atoms with van der Waals surface area (Å²) in [6, 6.07) is 9.67. The van der Waals surface area contributed by atoms with Crippen LogP contribution in [-0.4, -0.2) is 10.2 Å². The normalized spacial score (nSPS) is 9.26. The summed E-state index contributed by atoms with van der Waals surface area (Å²) in [7, 11) is 0. The summed E-state index contributed by atoms with van der Waals surface area (Å²) in [4.78, 5) is 0. The average Bonchev–Trinajstić information content (AvgIpc) is 2.28. The molecule has 0 amide bonds. The van der Waals surface area contributed by atoms with Crippen molar-refractivity contribution in [3.8, 4) is 11.5 Å². The van der Waals surface area contributed by atoms with Crippen molar-refractivity contribution in [3.05, 3.63) is 47.5 Å². The van der Waals surface area contributed by atoms with Gasteiger partial charge in [0.15, 0.2) is 0 Å². The minimum atomic E-state index is 0. The maximum absolute atomic E-state index is 9.69. The minimum absolute atomic E-state index is 0. The van der Waals surface area contributed by atoms with Crippen molar-refractivity contribution in [2.45, 2.75) is 6.42 Å². The van der Waals surface area contributed by atoms with Gasteiger partial charge in [-0.25, -0.2) is 0 Å². The maximum Gasteiger partial charge on any atom is 0.119 e. The molecular weight excluding hydrogens is 287 g/mol. The Morgan fingerprint density at radius 3 is 1.47 bits per heavy atom. The lowest BCUT2D eigenvalue weighted by Crippen LogP contribution is -1.94. The van der Waals surface area contributed by atoms with E-state index in [4.69, 9.17) is 11.5 Å². The number of anilines is 2. The molecule has 0 aliphatic carbocycles. The molecule has 4 nitrogen and oxygen atoms in total. The van der Waals surface area contributed by atoms with Gasteiger partial charge in [-0.05, 0) is 36.4 Å². The van der Waals surface area contributed by atoms with Crippen LogP contribution in [0.4, 0.5) is 11.4 Å². The second-order valence-electron chi connectivity index (χ2n) is 3.95. The molecule has 6 N–H and O–H groups in total. The molecule has 0 heterocycles. The molecule has 0 saturated heterocycles. The Morgan fingerprint density at radius 1 is 0.737 bits per heavy atom. The molecule has 0 spiro atoms. The quantitative estimate of drug-likeness (QED) is 0.507. The summed E-state index contributed by atoms with van der Waals surface area (Å²) >= 11 is 0. The smallest absolute Gasteiger partial charge is 0.119 e. The third-order valence-corrected chi connectivity index (χ3v) is 2.59. The predicted octanol–water partition coefficient (Wildman–Crippen LogP) is 2.70. The molecule has 2 aromatic rings. The number of phenolic OH excluding ortho intramolecular Hbond substituents is 2. The Balaban J connectivity index is 0.00000162. The summed E-state index contributed by atoms with van der Waals surface area (Å²) in [6.07, 6.45) is 0.383. The van der Waals surface area contributed by atoms with Crippen LogP contribution in [0.1, 0.15) is 11.1 Å². The molecule has 104 valence electrons. The van der Waals surface area contributed by atoms with Gasteiger partial charge in [-0.1, -0.05) is 0 Å². The lowest BCUT2D eigenvalue weighted by Gasteiger charge is -2.08. The van der Waals surface area contributed by atoms with Crippen LogP contribution in [0, 0.1) is 0 Å². The van der Waals surface area contributed by atoms with Crippen LogP contribution in [0.15, 0.2) is 36.4 Å². The molecular formula is C13H16Cl2N2O2. The van der Waals surface area contributed by atoms with Gasteiger partial charge in [0, 0.05) is 28.9 Å². The van der Waals surface area contributed by atoms with Crippen molar-refractivity contribution in [2.75, 3.05) is 11.5 Å². The van der Waals surface area contributed by atoms with Crippen LogP contribution < -0.4 is 11.5 Å². The van der Waals surface area contributed by atoms with Crippen LogP contribution in [0.25, 0.3) is 0 Å². The highest BCUT2D eigenvalue weighted by molar-refractivity contribution is 5.85. The zero-order valence-corrected chi connectivity index (χ0v) is 11.7. The van der Waals surface area contributed by atoms with Gasteiger partial charge in [0.1, 0.15) is 11.5 Å². The number of hydrogen-bond acceptors (Lipinski definition) is 4. The second kappa shape index (κ2) is 6.97. The zero-order valence-electron chi connectivity index (χ0n) is 10.0. The number of benzene rings is 2. The summed E-state index contributed by atoms with van der Waals surface area (Å²) in [6.45, 7) is 0. The van der Waals surface area contributed by atoms with Crippen LogP contribution in [-0.2, 0) is 6.42 Å². The Kier molecular flexibility index (Phi) is 6.32. The number of nitrogens with two attached hydrogens (primary N) is 2. The van der Waals surface area contributed by atoms with Gasteiger partial charge in [-0.3, -0.25) is 0 Å². The van der Waals surface area contributed by atoms with Gasteiger partial charge >= 0.3 is 0 Å². The van der Waals surface area contributed by atoms with Crippen molar-refractivity contribution in [2.24, 2.45) is 0 Å². The molecule has 19 heavy (non-hydrogen) atoms. The first-order valence-electron chi connectivity index (χ1n) is 5.21. The molecule has 2 aromatic carbocycles. The van der Waals surface area contributed by atoms with Crippen molar-refractivity contribution in [1.29, 1.82) is 0 Å². The van der Waals surface area contributed by atoms with E-state index in [2.05, 4.69) is 0 Å². The molecule has 6 heteroatoms. The standard InChI is InChI=1S/C13H14N2O2.2ClH/c14-10-1-3-12(16)8(6-10)5-9-7-11(15)2-4-13(9)17;;/h1-4,6-7,16-17H,5,14-15H2;2*1H. The molecule has 0 aromatic heterocycles. The van der Waals surface area contributed by atoms with Gasteiger partial charge in [0.2, 0.25) is 0 Å². The second-order valence-corrected chi connectivity index (χ2v) is 3.95. The molecule has 0 radical (unpaired) electrons. The van der Waals surface area contributed by atoms with Crippen molar-refractivity contribution >= 4 is 36.2 Å². The van der Waals surface area contributed by atoms with Crippen LogP contribution in [0.3, 0.4) is 0 Å². The fourth-order valence-corrected chi connectivity index (χ4v) is 1.70. The first kappa shape index (κ1) is 17.2. The van der Waals surface area contributed by atoms with Crippen molar-refractivity contribution < 1.29 is 10.2 Å². The monoisotopic (exact) mass is 302 g/mol. The number of nitrogen functional groups attached to an aromatic ring is 2. The average molecular weight is 303 g/mol. The molecule has 0 atom stereocenters. The Hall–Kier alpha value is -1.78. The van der Waals surface area contributed by atoms with E-state index in [9.17, 15) is 10.2 Å². The Labute approximate surface area is 123 Å². The van der Waals surface area contributed by atoms with E-state index in [1.165, 1.54) is 12.1 Å². The van der Waals surface area contributed by atoms with E-state index in [1.54, 1.807) is 24.3 Å². The lowest BCUT2D eigenvalue weighted by atomic mass is 10.0. The molecule has 0 aliphatic heterocycles. The first-order valence-corrected chi connectivity index (χ1v) is 5.21. The van der Waals surface area contributed by atoms with Gasteiger partial charge < -0.3 is 21.7 Å². The van der Waals surface area contributed by atoms with Crippen LogP contribution in [0.2, 0.25) is 0 Å². The Morgan fingerprint density at radius 2 is 1.11 bits per heavy atom. The summed E-state index contributed by atoms with van der Waals surface area (Å²) < 4.78 is 0. The van der Waals surface area contributed by atoms with E-state index < -0.39 is 0 Å². The zero-order chi connectivity index (χ0) is 12.4. The van der Waals surface area contributed by atoms with Crippen molar-refractivity contribution in [1.82, 2.24) is 0 Å². The number of rotatable bonds is 2. The third kappa shape index (κ3) is 4.12. The SMILES string of the molecule is Cl.Cl.Nc1ccc(O)c(Cc2cc(N)ccc2O)c1. The number of halogens is 2. The third-order valence-electron chi connectivity index (χ3n) is 2.59. The molecule has 0 unspecified atom stereocenters. The van der Waals surface area contributed by atoms with Crippen molar-refractivity contribution in [3.63, 3.8) is 0 Å². The van der Waals surface area contributed by atoms with Gasteiger partial charge in [0.25, 0.3) is 0 Å². The largest absolute Gasteiger partial charge is 0.508 e. The number of phenols is 2. The lowest BCUT2D eigenvalue weighted by molar-refractivity contribution is 0.463. The molecule has 2 rings (SSSR count). The highest BCUT2D eigenvalue weighted by Crippen LogP contribution is 2.27. The highest BCUT2D eigenvalue weighted by atomic mass is 35.5. The number of hydrogen-bond donors (Lipinski definition) is 4. The topological polar surface area (TPSA) is 92.5 Å². The van der Waals surface area contributed by atoms with E-state index in [0.29, 0.717) is 28.9 Å². The number of aromatic hydroxyl groups is 2. The molecule has 0 saturated carbocycles. The minimum Gasteiger partial charge on any atom is -0.508 e. The van der Waals surface area contributed by atoms with E-state index in [-0.39, 0.29) is 36.3 Å². The highest BCUT2D eigenvalue weighted by Gasteiger charge is 2.07. The summed E-state index contributed by atoms with van der Waals surface area (Å²) in [5, 5.41) is 19.4. The summed E-state index contributed by atoms with van der Waals surface area (Å²) in [5.74, 6) is 0.307. The van der Waals surface area contributed by atoms with E-state index >= 15 is 0 Å². The summed E-state index contributed by atoms with van der Waals surface area (Å²) in [5.41, 5.74) is 13.8. The fraction of sp³-hybridized carbons (Fsp3) is 0.0769. The van der Waals surface area contributed by atoms with E-state index in [0.717, 1.165) is 0 Å². The van der Waals surface area contributed by atoms with Gasteiger partial charge in [-0.2, -0.15) is 0 Å². The molecule has 0 aliphatic rings. The van der Waals surface area contributed by atoms with Crippen LogP contribution >= 0.6 is 24.8 Å². The molecule has 0 bridgehead atoms. The predicted molar refractivity (Wildman–Crippen MR) is 82.3 cm³/mol. The maximum atomic E-state index is 9.69. The van der Waals surface area contributed by atoms with Gasteiger partial charge in [0.05, 0.1) is 0 Å². The fourth-order valence-electron chi connectivity index (χ4n) is 1.70. The first-order chi connectivity index (χ1) is 8.06. The molecule has 0 fully saturated rings. The Bertz CT molecular complexity index is 513. The van der Waals surface area contributed by atoms with E-state index in [1.807, 2.05) is 0 Å².